The van der Waals surface area contributed by atoms with Crippen molar-refractivity contribution in [2.45, 2.75) is 39.7 Å². The topological polar surface area (TPSA) is 72.9 Å². The lowest BCUT2D eigenvalue weighted by atomic mass is 9.92. The lowest BCUT2D eigenvalue weighted by Crippen LogP contribution is -2.55. The standard InChI is InChI=1S/C19H23NO5/c1-5-24-16(22)11-15(21)19(3,4)20-12-25-13(2)17(18(20)23)14-9-7-6-8-10-14/h6-10H,5,11-12H2,1-4H3. The van der Waals surface area contributed by atoms with E-state index in [1.807, 2.05) is 30.3 Å². The van der Waals surface area contributed by atoms with Crippen molar-refractivity contribution in [3.63, 3.8) is 0 Å². The van der Waals surface area contributed by atoms with Crippen LogP contribution in [0.25, 0.3) is 5.57 Å². The molecule has 1 aromatic rings. The van der Waals surface area contributed by atoms with E-state index in [0.29, 0.717) is 11.3 Å². The van der Waals surface area contributed by atoms with Gasteiger partial charge in [-0.1, -0.05) is 30.3 Å². The summed E-state index contributed by atoms with van der Waals surface area (Å²) >= 11 is 0. The second kappa shape index (κ2) is 7.51. The summed E-state index contributed by atoms with van der Waals surface area (Å²) in [5.74, 6) is -0.769. The normalized spacial score (nSPS) is 15.0. The Morgan fingerprint density at radius 3 is 2.48 bits per heavy atom. The monoisotopic (exact) mass is 345 g/mol. The first kappa shape index (κ1) is 18.7. The summed E-state index contributed by atoms with van der Waals surface area (Å²) in [5.41, 5.74) is -0.0443. The van der Waals surface area contributed by atoms with E-state index in [4.69, 9.17) is 9.47 Å². The van der Waals surface area contributed by atoms with Crippen LogP contribution in [-0.4, -0.2) is 41.4 Å². The summed E-state index contributed by atoms with van der Waals surface area (Å²) < 4.78 is 10.5. The van der Waals surface area contributed by atoms with Crippen molar-refractivity contribution in [1.29, 1.82) is 0 Å². The molecular weight excluding hydrogens is 322 g/mol. The SMILES string of the molecule is CCOC(=O)CC(=O)C(C)(C)N1COC(C)=C(c2ccccc2)C1=O. The van der Waals surface area contributed by atoms with Gasteiger partial charge in [0.05, 0.1) is 17.7 Å². The highest BCUT2D eigenvalue weighted by atomic mass is 16.5. The van der Waals surface area contributed by atoms with Crippen LogP contribution in [0.4, 0.5) is 0 Å². The second-order valence-electron chi connectivity index (χ2n) is 6.27. The van der Waals surface area contributed by atoms with Crippen LogP contribution in [0.1, 0.15) is 39.7 Å². The predicted molar refractivity (Wildman–Crippen MR) is 92.2 cm³/mol. The fourth-order valence-corrected chi connectivity index (χ4v) is 2.63. The number of carbonyl (C=O) groups excluding carboxylic acids is 3. The van der Waals surface area contributed by atoms with Crippen LogP contribution in [0, 0.1) is 0 Å². The van der Waals surface area contributed by atoms with E-state index in [-0.39, 0.29) is 25.7 Å². The van der Waals surface area contributed by atoms with Gasteiger partial charge in [0.2, 0.25) is 0 Å². The first-order valence-corrected chi connectivity index (χ1v) is 8.19. The van der Waals surface area contributed by atoms with Crippen LogP contribution < -0.4 is 0 Å². The van der Waals surface area contributed by atoms with Crippen LogP contribution in [0.5, 0.6) is 0 Å². The van der Waals surface area contributed by atoms with Crippen molar-refractivity contribution in [3.05, 3.63) is 41.7 Å². The number of carbonyl (C=O) groups is 3. The lowest BCUT2D eigenvalue weighted by molar-refractivity contribution is -0.154. The third-order valence-electron chi connectivity index (χ3n) is 4.25. The molecule has 6 heteroatoms. The highest BCUT2D eigenvalue weighted by Crippen LogP contribution is 2.31. The number of Topliss-reactive ketones (excluding diaryl/α,β-unsaturated/α-hetero) is 1. The Balaban J connectivity index is 2.27. The minimum absolute atomic E-state index is 0.0391. The largest absolute Gasteiger partial charge is 0.477 e. The predicted octanol–water partition coefficient (Wildman–Crippen LogP) is 2.53. The Morgan fingerprint density at radius 2 is 1.88 bits per heavy atom. The van der Waals surface area contributed by atoms with Gasteiger partial charge in [-0.3, -0.25) is 19.3 Å². The van der Waals surface area contributed by atoms with Gasteiger partial charge in [-0.2, -0.15) is 0 Å². The van der Waals surface area contributed by atoms with E-state index in [1.165, 1.54) is 4.90 Å². The summed E-state index contributed by atoms with van der Waals surface area (Å²) in [6.45, 7) is 6.79. The zero-order valence-corrected chi connectivity index (χ0v) is 15.0. The van der Waals surface area contributed by atoms with Crippen LogP contribution in [0.3, 0.4) is 0 Å². The number of amides is 1. The van der Waals surface area contributed by atoms with E-state index in [1.54, 1.807) is 27.7 Å². The number of ether oxygens (including phenoxy) is 2. The van der Waals surface area contributed by atoms with Gasteiger partial charge in [0, 0.05) is 0 Å². The smallest absolute Gasteiger partial charge is 0.313 e. The first-order valence-electron chi connectivity index (χ1n) is 8.19. The Kier molecular flexibility index (Phi) is 5.62. The van der Waals surface area contributed by atoms with Crippen molar-refractivity contribution in [1.82, 2.24) is 4.90 Å². The average Bonchev–Trinajstić information content (AvgIpc) is 2.55. The second-order valence-corrected chi connectivity index (χ2v) is 6.27. The third kappa shape index (κ3) is 3.90. The molecule has 0 radical (unpaired) electrons. The molecule has 0 aliphatic carbocycles. The van der Waals surface area contributed by atoms with Crippen LogP contribution in [0.15, 0.2) is 36.1 Å². The van der Waals surface area contributed by atoms with Gasteiger partial charge in [0.15, 0.2) is 12.5 Å². The Labute approximate surface area is 147 Å². The fraction of sp³-hybridized carbons (Fsp3) is 0.421. The van der Waals surface area contributed by atoms with Crippen molar-refractivity contribution >= 4 is 23.2 Å². The van der Waals surface area contributed by atoms with Crippen molar-refractivity contribution < 1.29 is 23.9 Å². The van der Waals surface area contributed by atoms with Gasteiger partial charge < -0.3 is 9.47 Å². The molecule has 0 N–H and O–H groups in total. The highest BCUT2D eigenvalue weighted by Gasteiger charge is 2.42. The molecule has 1 aromatic carbocycles. The number of allylic oxidation sites excluding steroid dienone is 1. The maximum absolute atomic E-state index is 13.0. The van der Waals surface area contributed by atoms with E-state index < -0.39 is 17.3 Å². The molecule has 25 heavy (non-hydrogen) atoms. The molecule has 0 fully saturated rings. The van der Waals surface area contributed by atoms with Crippen LogP contribution >= 0.6 is 0 Å². The Hall–Kier alpha value is -2.63. The Morgan fingerprint density at radius 1 is 1.24 bits per heavy atom. The molecule has 0 atom stereocenters. The molecule has 0 saturated heterocycles. The fourth-order valence-electron chi connectivity index (χ4n) is 2.63. The van der Waals surface area contributed by atoms with Gasteiger partial charge in [-0.05, 0) is 33.3 Å². The van der Waals surface area contributed by atoms with E-state index in [2.05, 4.69) is 0 Å². The number of rotatable bonds is 6. The molecule has 0 saturated carbocycles. The molecule has 1 aliphatic rings. The molecular formula is C19H23NO5. The highest BCUT2D eigenvalue weighted by molar-refractivity contribution is 6.21. The average molecular weight is 345 g/mol. The number of hydrogen-bond donors (Lipinski definition) is 0. The lowest BCUT2D eigenvalue weighted by Gasteiger charge is -2.40. The molecule has 134 valence electrons. The van der Waals surface area contributed by atoms with Crippen molar-refractivity contribution in [2.24, 2.45) is 0 Å². The van der Waals surface area contributed by atoms with Crippen LogP contribution in [0.2, 0.25) is 0 Å². The number of benzene rings is 1. The zero-order valence-electron chi connectivity index (χ0n) is 15.0. The minimum atomic E-state index is -1.19. The molecule has 0 aromatic heterocycles. The third-order valence-corrected chi connectivity index (χ3v) is 4.25. The molecule has 1 amide bonds. The molecule has 6 nitrogen and oxygen atoms in total. The summed E-state index contributed by atoms with van der Waals surface area (Å²) in [6, 6.07) is 9.16. The maximum Gasteiger partial charge on any atom is 0.313 e. The van der Waals surface area contributed by atoms with Gasteiger partial charge in [-0.25, -0.2) is 0 Å². The molecule has 0 spiro atoms. The number of hydrogen-bond acceptors (Lipinski definition) is 5. The van der Waals surface area contributed by atoms with E-state index in [9.17, 15) is 14.4 Å². The molecule has 0 bridgehead atoms. The summed E-state index contributed by atoms with van der Waals surface area (Å²) in [6.07, 6.45) is -0.381. The number of esters is 1. The summed E-state index contributed by atoms with van der Waals surface area (Å²) in [7, 11) is 0. The minimum Gasteiger partial charge on any atom is -0.477 e. The van der Waals surface area contributed by atoms with Crippen LogP contribution in [-0.2, 0) is 23.9 Å². The van der Waals surface area contributed by atoms with E-state index >= 15 is 0 Å². The van der Waals surface area contributed by atoms with Gasteiger partial charge in [-0.15, -0.1) is 0 Å². The van der Waals surface area contributed by atoms with Gasteiger partial charge in [0.1, 0.15) is 12.2 Å². The molecule has 1 aliphatic heterocycles. The maximum atomic E-state index is 13.0. The Bertz CT molecular complexity index is 706. The van der Waals surface area contributed by atoms with Crippen molar-refractivity contribution in [2.75, 3.05) is 13.3 Å². The summed E-state index contributed by atoms with van der Waals surface area (Å²) in [5, 5.41) is 0. The molecule has 1 heterocycles. The summed E-state index contributed by atoms with van der Waals surface area (Å²) in [4.78, 5) is 38.5. The molecule has 2 rings (SSSR count). The van der Waals surface area contributed by atoms with Crippen molar-refractivity contribution in [3.8, 4) is 0 Å². The van der Waals surface area contributed by atoms with Gasteiger partial charge in [0.25, 0.3) is 5.91 Å². The first-order chi connectivity index (χ1) is 11.8. The van der Waals surface area contributed by atoms with E-state index in [0.717, 1.165) is 5.56 Å². The number of ketones is 1. The zero-order chi connectivity index (χ0) is 18.6. The number of nitrogens with zero attached hydrogens (tertiary/aromatic N) is 1. The quantitative estimate of drug-likeness (QED) is 0.585. The van der Waals surface area contributed by atoms with Gasteiger partial charge >= 0.3 is 5.97 Å². The molecule has 0 unspecified atom stereocenters.